The van der Waals surface area contributed by atoms with Crippen LogP contribution >= 0.6 is 39.1 Å². The van der Waals surface area contributed by atoms with Crippen molar-refractivity contribution in [3.63, 3.8) is 0 Å². The summed E-state index contributed by atoms with van der Waals surface area (Å²) in [6, 6.07) is 21.5. The summed E-state index contributed by atoms with van der Waals surface area (Å²) in [5.74, 6) is 0.0883. The Morgan fingerprint density at radius 1 is 1.00 bits per heavy atom. The number of hydrogen-bond acceptors (Lipinski definition) is 3. The van der Waals surface area contributed by atoms with Gasteiger partial charge in [-0.15, -0.1) is 0 Å². The van der Waals surface area contributed by atoms with Crippen LogP contribution in [-0.4, -0.2) is 35.4 Å². The van der Waals surface area contributed by atoms with Gasteiger partial charge in [0.1, 0.15) is 11.8 Å². The van der Waals surface area contributed by atoms with Crippen LogP contribution in [0.25, 0.3) is 0 Å². The van der Waals surface area contributed by atoms with Crippen molar-refractivity contribution in [1.82, 2.24) is 10.2 Å². The number of rotatable bonds is 10. The minimum Gasteiger partial charge on any atom is -0.484 e. The van der Waals surface area contributed by atoms with Crippen molar-refractivity contribution < 1.29 is 14.3 Å². The summed E-state index contributed by atoms with van der Waals surface area (Å²) in [4.78, 5) is 28.9. The van der Waals surface area contributed by atoms with E-state index in [2.05, 4.69) is 21.2 Å². The lowest BCUT2D eigenvalue weighted by molar-refractivity contribution is -0.143. The molecule has 0 aliphatic heterocycles. The second-order valence-corrected chi connectivity index (χ2v) is 11.0. The molecule has 37 heavy (non-hydrogen) atoms. The summed E-state index contributed by atoms with van der Waals surface area (Å²) in [7, 11) is 0. The lowest BCUT2D eigenvalue weighted by atomic mass is 10.0. The van der Waals surface area contributed by atoms with Crippen molar-refractivity contribution in [3.05, 3.63) is 98.4 Å². The number of carbonyl (C=O) groups excluding carboxylic acids is 2. The van der Waals surface area contributed by atoms with Gasteiger partial charge in [0.25, 0.3) is 5.91 Å². The number of hydrogen-bond donors (Lipinski definition) is 1. The summed E-state index contributed by atoms with van der Waals surface area (Å²) < 4.78 is 6.72. The van der Waals surface area contributed by atoms with Crippen LogP contribution in [0.15, 0.2) is 77.3 Å². The van der Waals surface area contributed by atoms with E-state index in [-0.39, 0.29) is 31.0 Å². The van der Waals surface area contributed by atoms with Gasteiger partial charge in [-0.2, -0.15) is 0 Å². The van der Waals surface area contributed by atoms with E-state index in [1.807, 2.05) is 42.5 Å². The number of nitrogens with zero attached hydrogens (tertiary/aromatic N) is 1. The van der Waals surface area contributed by atoms with Gasteiger partial charge >= 0.3 is 0 Å². The Bertz CT molecular complexity index is 1200. The van der Waals surface area contributed by atoms with E-state index in [1.165, 1.54) is 0 Å². The molecule has 0 aromatic heterocycles. The van der Waals surface area contributed by atoms with E-state index < -0.39 is 6.04 Å². The summed E-state index contributed by atoms with van der Waals surface area (Å²) in [6.45, 7) is -0.0665. The van der Waals surface area contributed by atoms with Crippen LogP contribution in [0.1, 0.15) is 36.8 Å². The summed E-state index contributed by atoms with van der Waals surface area (Å²) in [5, 5.41) is 4.13. The Balaban J connectivity index is 1.63. The van der Waals surface area contributed by atoms with Crippen molar-refractivity contribution in [2.24, 2.45) is 0 Å². The molecule has 1 atom stereocenters. The minimum absolute atomic E-state index is 0.126. The summed E-state index contributed by atoms with van der Waals surface area (Å²) in [5.41, 5.74) is 1.66. The van der Waals surface area contributed by atoms with Gasteiger partial charge in [-0.3, -0.25) is 9.59 Å². The van der Waals surface area contributed by atoms with Crippen molar-refractivity contribution in [2.45, 2.75) is 50.7 Å². The Morgan fingerprint density at radius 3 is 2.38 bits per heavy atom. The molecule has 1 N–H and O–H groups in total. The highest BCUT2D eigenvalue weighted by Gasteiger charge is 2.32. The molecular weight excluding hydrogens is 575 g/mol. The zero-order chi connectivity index (χ0) is 26.2. The molecule has 1 aliphatic rings. The standard InChI is InChI=1S/C29H29BrCl2N2O3/c30-22-11-14-25(15-12-22)37-19-28(35)34(18-21-10-13-23(31)17-26(21)32)27(16-20-6-2-1-3-7-20)29(36)33-24-8-4-5-9-24/h1-3,6-7,10-15,17,24,27H,4-5,8-9,16,18-19H2,(H,33,36)/t27-/m1/s1. The first-order chi connectivity index (χ1) is 17.9. The first-order valence-electron chi connectivity index (χ1n) is 12.3. The van der Waals surface area contributed by atoms with E-state index in [9.17, 15) is 9.59 Å². The fourth-order valence-corrected chi connectivity index (χ4v) is 5.25. The van der Waals surface area contributed by atoms with Crippen molar-refractivity contribution in [1.29, 1.82) is 0 Å². The van der Waals surface area contributed by atoms with E-state index in [0.29, 0.717) is 27.8 Å². The van der Waals surface area contributed by atoms with Gasteiger partial charge in [0, 0.05) is 33.5 Å². The van der Waals surface area contributed by atoms with Crippen LogP contribution in [-0.2, 0) is 22.6 Å². The molecule has 8 heteroatoms. The average Bonchev–Trinajstić information content (AvgIpc) is 3.40. The van der Waals surface area contributed by atoms with E-state index in [4.69, 9.17) is 27.9 Å². The van der Waals surface area contributed by atoms with Crippen molar-refractivity contribution in [2.75, 3.05) is 6.61 Å². The molecule has 0 saturated heterocycles. The predicted octanol–water partition coefficient (Wildman–Crippen LogP) is 6.83. The van der Waals surface area contributed by atoms with Crippen LogP contribution in [0.5, 0.6) is 5.75 Å². The monoisotopic (exact) mass is 602 g/mol. The summed E-state index contributed by atoms with van der Waals surface area (Å²) >= 11 is 16.0. The van der Waals surface area contributed by atoms with Gasteiger partial charge in [0.15, 0.2) is 6.61 Å². The second-order valence-electron chi connectivity index (χ2n) is 9.20. The number of ether oxygens (including phenoxy) is 1. The zero-order valence-corrected chi connectivity index (χ0v) is 23.4. The highest BCUT2D eigenvalue weighted by Crippen LogP contribution is 2.25. The molecule has 0 unspecified atom stereocenters. The van der Waals surface area contributed by atoms with Gasteiger partial charge in [-0.1, -0.05) is 88.4 Å². The molecule has 2 amide bonds. The molecule has 1 fully saturated rings. The largest absolute Gasteiger partial charge is 0.484 e. The minimum atomic E-state index is -0.740. The smallest absolute Gasteiger partial charge is 0.261 e. The van der Waals surface area contributed by atoms with E-state index >= 15 is 0 Å². The maximum absolute atomic E-state index is 13.7. The SMILES string of the molecule is O=C(NC1CCCC1)[C@@H](Cc1ccccc1)N(Cc1ccc(Cl)cc1Cl)C(=O)COc1ccc(Br)cc1. The molecular formula is C29H29BrCl2N2O3. The van der Waals surface area contributed by atoms with Crippen molar-refractivity contribution >= 4 is 50.9 Å². The van der Waals surface area contributed by atoms with Crippen LogP contribution in [0, 0.1) is 0 Å². The van der Waals surface area contributed by atoms with E-state index in [0.717, 1.165) is 35.7 Å². The molecule has 0 heterocycles. The van der Waals surface area contributed by atoms with Gasteiger partial charge < -0.3 is 15.0 Å². The van der Waals surface area contributed by atoms with Gasteiger partial charge in [0.2, 0.25) is 5.91 Å². The third-order valence-electron chi connectivity index (χ3n) is 6.50. The molecule has 1 saturated carbocycles. The zero-order valence-electron chi connectivity index (χ0n) is 20.3. The van der Waals surface area contributed by atoms with Crippen LogP contribution in [0.3, 0.4) is 0 Å². The molecule has 194 valence electrons. The molecule has 0 spiro atoms. The number of halogens is 3. The lowest BCUT2D eigenvalue weighted by Crippen LogP contribution is -2.53. The highest BCUT2D eigenvalue weighted by molar-refractivity contribution is 9.10. The molecule has 0 bridgehead atoms. The van der Waals surface area contributed by atoms with Gasteiger partial charge in [0.05, 0.1) is 0 Å². The normalized spacial score (nSPS) is 14.2. The van der Waals surface area contributed by atoms with Crippen LogP contribution in [0.2, 0.25) is 10.0 Å². The molecule has 3 aromatic carbocycles. The number of carbonyl (C=O) groups is 2. The first-order valence-corrected chi connectivity index (χ1v) is 13.9. The Morgan fingerprint density at radius 2 is 1.70 bits per heavy atom. The fraction of sp³-hybridized carbons (Fsp3) is 0.310. The first kappa shape index (κ1) is 27.5. The Labute approximate surface area is 236 Å². The molecule has 3 aromatic rings. The molecule has 5 nitrogen and oxygen atoms in total. The van der Waals surface area contributed by atoms with Crippen LogP contribution in [0.4, 0.5) is 0 Å². The quantitative estimate of drug-likeness (QED) is 0.276. The number of benzene rings is 3. The second kappa shape index (κ2) is 13.3. The predicted molar refractivity (Wildman–Crippen MR) is 151 cm³/mol. The maximum atomic E-state index is 13.7. The summed E-state index contributed by atoms with van der Waals surface area (Å²) in [6.07, 6.45) is 4.46. The van der Waals surface area contributed by atoms with Crippen molar-refractivity contribution in [3.8, 4) is 5.75 Å². The Kier molecular flexibility index (Phi) is 9.89. The number of nitrogens with one attached hydrogen (secondary N) is 1. The molecule has 1 aliphatic carbocycles. The third kappa shape index (κ3) is 7.97. The van der Waals surface area contributed by atoms with Crippen LogP contribution < -0.4 is 10.1 Å². The highest BCUT2D eigenvalue weighted by atomic mass is 79.9. The van der Waals surface area contributed by atoms with Gasteiger partial charge in [-0.05, 0) is 60.4 Å². The van der Waals surface area contributed by atoms with Gasteiger partial charge in [-0.25, -0.2) is 0 Å². The lowest BCUT2D eigenvalue weighted by Gasteiger charge is -2.32. The maximum Gasteiger partial charge on any atom is 0.261 e. The number of amides is 2. The molecule has 4 rings (SSSR count). The third-order valence-corrected chi connectivity index (χ3v) is 7.62. The molecule has 0 radical (unpaired) electrons. The topological polar surface area (TPSA) is 58.6 Å². The average molecular weight is 604 g/mol. The van der Waals surface area contributed by atoms with E-state index in [1.54, 1.807) is 35.2 Å². The fourth-order valence-electron chi connectivity index (χ4n) is 4.51. The Hall–Kier alpha value is -2.54.